The minimum Gasteiger partial charge on any atom is -0.490 e. The molecule has 1 unspecified atom stereocenters. The lowest BCUT2D eigenvalue weighted by molar-refractivity contribution is -0.0866. The lowest BCUT2D eigenvalue weighted by Crippen LogP contribution is -2.51. The molecule has 0 radical (unpaired) electrons. The molecule has 1 heterocycles. The molecule has 0 bridgehead atoms. The molecule has 0 fully saturated rings. The van der Waals surface area contributed by atoms with Crippen molar-refractivity contribution < 1.29 is 9.84 Å². The molecule has 4 heteroatoms. The third kappa shape index (κ3) is 4.29. The summed E-state index contributed by atoms with van der Waals surface area (Å²) in [7, 11) is 0. The molecular weight excluding hydrogens is 336 g/mol. The topological polar surface area (TPSA) is 47.3 Å². The van der Waals surface area contributed by atoms with Crippen LogP contribution in [0, 0.1) is 5.41 Å². The van der Waals surface area contributed by atoms with Crippen LogP contribution in [0.25, 0.3) is 11.1 Å². The molecule has 0 aliphatic rings. The van der Waals surface area contributed by atoms with Crippen LogP contribution in [0.1, 0.15) is 13.8 Å². The lowest BCUT2D eigenvalue weighted by atomic mass is 9.75. The zero-order valence-corrected chi connectivity index (χ0v) is 15.9. The molecule has 0 saturated carbocycles. The van der Waals surface area contributed by atoms with Crippen LogP contribution in [0.3, 0.4) is 0 Å². The lowest BCUT2D eigenvalue weighted by Gasteiger charge is -2.40. The van der Waals surface area contributed by atoms with Gasteiger partial charge >= 0.3 is 0 Å². The van der Waals surface area contributed by atoms with E-state index >= 15 is 0 Å². The van der Waals surface area contributed by atoms with Gasteiger partial charge in [-0.1, -0.05) is 62.4 Å². The van der Waals surface area contributed by atoms with Gasteiger partial charge in [-0.2, -0.15) is 0 Å². The number of rotatable bonds is 8. The summed E-state index contributed by atoms with van der Waals surface area (Å²) in [5, 5.41) is 11.4. The van der Waals surface area contributed by atoms with Crippen LogP contribution >= 0.6 is 0 Å². The van der Waals surface area contributed by atoms with E-state index < -0.39 is 11.0 Å². The fourth-order valence-corrected chi connectivity index (χ4v) is 2.88. The van der Waals surface area contributed by atoms with E-state index in [2.05, 4.69) is 23.7 Å². The maximum atomic E-state index is 11.4. The molecule has 1 N–H and O–H groups in total. The maximum Gasteiger partial charge on any atom is 0.125 e. The molecule has 27 heavy (non-hydrogen) atoms. The Morgan fingerprint density at radius 1 is 1.07 bits per heavy atom. The van der Waals surface area contributed by atoms with E-state index in [1.807, 2.05) is 67.1 Å². The highest BCUT2D eigenvalue weighted by molar-refractivity contribution is 5.63. The monoisotopic (exact) mass is 362 g/mol. The van der Waals surface area contributed by atoms with Gasteiger partial charge in [-0.3, -0.25) is 0 Å². The highest BCUT2D eigenvalue weighted by Gasteiger charge is 2.42. The number of ether oxygens (including phenoxy) is 1. The van der Waals surface area contributed by atoms with E-state index in [1.165, 1.54) is 0 Å². The van der Waals surface area contributed by atoms with E-state index in [4.69, 9.17) is 4.74 Å². The standard InChI is InChI=1S/C23H26N2O2/c1-4-22(2,3)23(26,16-25-15-14-24-18-25)17-27-21-12-10-20(11-13-21)19-8-6-5-7-9-19/h4-15,18,26H,1,16-17H2,2-3H3. The van der Waals surface area contributed by atoms with Gasteiger partial charge in [0.15, 0.2) is 0 Å². The van der Waals surface area contributed by atoms with Crippen molar-refractivity contribution in [1.82, 2.24) is 9.55 Å². The number of imidazole rings is 1. The largest absolute Gasteiger partial charge is 0.490 e. The molecule has 4 nitrogen and oxygen atoms in total. The Morgan fingerprint density at radius 2 is 1.74 bits per heavy atom. The Kier molecular flexibility index (Phi) is 5.47. The van der Waals surface area contributed by atoms with Gasteiger partial charge in [-0.05, 0) is 23.3 Å². The molecule has 0 aliphatic carbocycles. The van der Waals surface area contributed by atoms with Gasteiger partial charge in [-0.25, -0.2) is 4.98 Å². The predicted molar refractivity (Wildman–Crippen MR) is 109 cm³/mol. The summed E-state index contributed by atoms with van der Waals surface area (Å²) in [6.07, 6.45) is 6.99. The van der Waals surface area contributed by atoms with Crippen molar-refractivity contribution in [2.75, 3.05) is 6.61 Å². The number of aliphatic hydroxyl groups is 1. The SMILES string of the molecule is C=CC(C)(C)C(O)(COc1ccc(-c2ccccc2)cc1)Cn1ccnc1. The highest BCUT2D eigenvalue weighted by Crippen LogP contribution is 2.34. The van der Waals surface area contributed by atoms with Crippen molar-refractivity contribution in [3.63, 3.8) is 0 Å². The Bertz CT molecular complexity index is 855. The molecule has 3 aromatic rings. The smallest absolute Gasteiger partial charge is 0.125 e. The average Bonchev–Trinajstić information content (AvgIpc) is 3.20. The Morgan fingerprint density at radius 3 is 2.33 bits per heavy atom. The van der Waals surface area contributed by atoms with Crippen molar-refractivity contribution in [1.29, 1.82) is 0 Å². The zero-order chi connectivity index (χ0) is 19.3. The maximum absolute atomic E-state index is 11.4. The van der Waals surface area contributed by atoms with E-state index in [1.54, 1.807) is 18.6 Å². The number of aromatic nitrogens is 2. The molecule has 2 aromatic carbocycles. The summed E-state index contributed by atoms with van der Waals surface area (Å²) in [5.74, 6) is 0.721. The Balaban J connectivity index is 1.74. The highest BCUT2D eigenvalue weighted by atomic mass is 16.5. The fourth-order valence-electron chi connectivity index (χ4n) is 2.88. The quantitative estimate of drug-likeness (QED) is 0.597. The third-order valence-electron chi connectivity index (χ3n) is 5.15. The first-order valence-electron chi connectivity index (χ1n) is 9.03. The van der Waals surface area contributed by atoms with E-state index in [0.29, 0.717) is 6.54 Å². The van der Waals surface area contributed by atoms with E-state index in [-0.39, 0.29) is 6.61 Å². The molecule has 1 atom stereocenters. The zero-order valence-electron chi connectivity index (χ0n) is 15.9. The molecule has 0 spiro atoms. The first-order valence-corrected chi connectivity index (χ1v) is 9.03. The van der Waals surface area contributed by atoms with Crippen LogP contribution in [0.5, 0.6) is 5.75 Å². The summed E-state index contributed by atoms with van der Waals surface area (Å²) < 4.78 is 7.82. The Hall–Kier alpha value is -2.85. The second-order valence-electron chi connectivity index (χ2n) is 7.37. The van der Waals surface area contributed by atoms with E-state index in [0.717, 1.165) is 16.9 Å². The number of nitrogens with zero attached hydrogens (tertiary/aromatic N) is 2. The van der Waals surface area contributed by atoms with Crippen molar-refractivity contribution >= 4 is 0 Å². The van der Waals surface area contributed by atoms with Crippen molar-refractivity contribution in [2.45, 2.75) is 26.0 Å². The summed E-state index contributed by atoms with van der Waals surface area (Å²) in [4.78, 5) is 4.06. The first-order chi connectivity index (χ1) is 12.9. The minimum absolute atomic E-state index is 0.148. The summed E-state index contributed by atoms with van der Waals surface area (Å²) >= 11 is 0. The second-order valence-corrected chi connectivity index (χ2v) is 7.37. The van der Waals surface area contributed by atoms with Crippen LogP contribution in [0.15, 0.2) is 86.0 Å². The van der Waals surface area contributed by atoms with Crippen molar-refractivity contribution in [3.8, 4) is 16.9 Å². The van der Waals surface area contributed by atoms with Crippen LogP contribution in [-0.2, 0) is 6.54 Å². The van der Waals surface area contributed by atoms with Gasteiger partial charge in [0.25, 0.3) is 0 Å². The van der Waals surface area contributed by atoms with E-state index in [9.17, 15) is 5.11 Å². The van der Waals surface area contributed by atoms with Crippen LogP contribution in [0.2, 0.25) is 0 Å². The van der Waals surface area contributed by atoms with Gasteiger partial charge in [0, 0.05) is 17.8 Å². The summed E-state index contributed by atoms with van der Waals surface area (Å²) in [6, 6.07) is 18.1. The second kappa shape index (κ2) is 7.80. The molecule has 0 saturated heterocycles. The Labute approximate surface area is 160 Å². The first kappa shape index (κ1) is 18.9. The molecule has 0 aliphatic heterocycles. The fraction of sp³-hybridized carbons (Fsp3) is 0.261. The minimum atomic E-state index is -1.13. The molecular formula is C23H26N2O2. The van der Waals surface area contributed by atoms with Crippen molar-refractivity contribution in [3.05, 3.63) is 86.0 Å². The van der Waals surface area contributed by atoms with Gasteiger partial charge < -0.3 is 14.4 Å². The predicted octanol–water partition coefficient (Wildman–Crippen LogP) is 4.57. The van der Waals surface area contributed by atoms with Gasteiger partial charge in [-0.15, -0.1) is 6.58 Å². The normalized spacial score (nSPS) is 13.7. The number of hydrogen-bond acceptors (Lipinski definition) is 3. The summed E-state index contributed by atoms with van der Waals surface area (Å²) in [5.41, 5.74) is 0.617. The molecule has 1 aromatic heterocycles. The molecule has 0 amide bonds. The summed E-state index contributed by atoms with van der Waals surface area (Å²) in [6.45, 7) is 8.32. The van der Waals surface area contributed by atoms with Gasteiger partial charge in [0.1, 0.15) is 18.0 Å². The third-order valence-corrected chi connectivity index (χ3v) is 5.15. The number of hydrogen-bond donors (Lipinski definition) is 1. The molecule has 140 valence electrons. The van der Waals surface area contributed by atoms with Crippen LogP contribution in [-0.4, -0.2) is 26.9 Å². The van der Waals surface area contributed by atoms with Crippen LogP contribution < -0.4 is 4.74 Å². The van der Waals surface area contributed by atoms with Crippen molar-refractivity contribution in [2.24, 2.45) is 5.41 Å². The average molecular weight is 362 g/mol. The molecule has 3 rings (SSSR count). The van der Waals surface area contributed by atoms with Gasteiger partial charge in [0.2, 0.25) is 0 Å². The van der Waals surface area contributed by atoms with Gasteiger partial charge in [0.05, 0.1) is 12.9 Å². The van der Waals surface area contributed by atoms with Crippen LogP contribution in [0.4, 0.5) is 0 Å². The number of benzene rings is 2.